The van der Waals surface area contributed by atoms with E-state index in [1.165, 1.54) is 0 Å². The van der Waals surface area contributed by atoms with Crippen LogP contribution in [0.15, 0.2) is 6.07 Å². The van der Waals surface area contributed by atoms with Gasteiger partial charge < -0.3 is 15.5 Å². The molecule has 0 aliphatic carbocycles. The largest absolute Gasteiger partial charge is 0.381 e. The van der Waals surface area contributed by atoms with Gasteiger partial charge in [0.15, 0.2) is 5.82 Å². The number of hydrogen-bond acceptors (Lipinski definition) is 5. The fourth-order valence-corrected chi connectivity index (χ4v) is 1.80. The number of halogens is 2. The first-order chi connectivity index (χ1) is 8.69. The monoisotopic (exact) mass is 292 g/mol. The van der Waals surface area contributed by atoms with E-state index in [1.807, 2.05) is 0 Å². The van der Waals surface area contributed by atoms with E-state index in [0.717, 1.165) is 26.0 Å². The van der Waals surface area contributed by atoms with Crippen LogP contribution < -0.4 is 16.6 Å². The predicted octanol–water partition coefficient (Wildman–Crippen LogP) is 2.90. The van der Waals surface area contributed by atoms with Crippen LogP contribution in [0.3, 0.4) is 0 Å². The molecule has 0 fully saturated rings. The fraction of sp³-hybridized carbons (Fsp3) is 0.545. The van der Waals surface area contributed by atoms with E-state index in [0.29, 0.717) is 28.3 Å². The summed E-state index contributed by atoms with van der Waals surface area (Å²) >= 11 is 11.9. The molecule has 0 bridgehead atoms. The van der Waals surface area contributed by atoms with Crippen LogP contribution in [0.2, 0.25) is 10.0 Å². The molecular weight excluding hydrogens is 275 g/mol. The van der Waals surface area contributed by atoms with Gasteiger partial charge in [-0.05, 0) is 18.9 Å². The molecule has 18 heavy (non-hydrogen) atoms. The van der Waals surface area contributed by atoms with Gasteiger partial charge >= 0.3 is 0 Å². The van der Waals surface area contributed by atoms with E-state index < -0.39 is 0 Å². The van der Waals surface area contributed by atoms with Gasteiger partial charge in [0.05, 0.1) is 10.0 Å². The van der Waals surface area contributed by atoms with E-state index in [2.05, 4.69) is 22.7 Å². The molecule has 0 aliphatic heterocycles. The second kappa shape index (κ2) is 8.37. The van der Waals surface area contributed by atoms with Crippen LogP contribution in [0.1, 0.15) is 19.8 Å². The minimum Gasteiger partial charge on any atom is -0.381 e. The second-order valence-electron chi connectivity index (χ2n) is 3.69. The number of nitrogens with zero attached hydrogens (tertiary/aromatic N) is 1. The number of hydrazine groups is 1. The topological polar surface area (TPSA) is 72.2 Å². The molecule has 0 radical (unpaired) electrons. The Balaban J connectivity index is 2.42. The Morgan fingerprint density at radius 3 is 2.67 bits per heavy atom. The molecule has 0 spiro atoms. The van der Waals surface area contributed by atoms with Crippen molar-refractivity contribution in [3.05, 3.63) is 16.1 Å². The quantitative estimate of drug-likeness (QED) is 0.390. The number of nitrogens with one attached hydrogen (secondary N) is 2. The zero-order valence-corrected chi connectivity index (χ0v) is 11.8. The summed E-state index contributed by atoms with van der Waals surface area (Å²) in [4.78, 5) is 4.17. The highest BCUT2D eigenvalue weighted by Gasteiger charge is 2.07. The van der Waals surface area contributed by atoms with Crippen molar-refractivity contribution in [2.45, 2.75) is 19.8 Å². The summed E-state index contributed by atoms with van der Waals surface area (Å²) in [6.45, 7) is 4.31. The van der Waals surface area contributed by atoms with Crippen molar-refractivity contribution >= 4 is 34.8 Å². The second-order valence-corrected chi connectivity index (χ2v) is 4.50. The van der Waals surface area contributed by atoms with Crippen LogP contribution in [-0.2, 0) is 4.74 Å². The molecule has 0 saturated heterocycles. The summed E-state index contributed by atoms with van der Waals surface area (Å²) in [6.07, 6.45) is 1.91. The van der Waals surface area contributed by atoms with Crippen molar-refractivity contribution < 1.29 is 4.74 Å². The number of rotatable bonds is 8. The van der Waals surface area contributed by atoms with Gasteiger partial charge in [-0.25, -0.2) is 10.8 Å². The number of aromatic nitrogens is 1. The average molecular weight is 293 g/mol. The Morgan fingerprint density at radius 1 is 1.28 bits per heavy atom. The van der Waals surface area contributed by atoms with Gasteiger partial charge in [0.1, 0.15) is 5.82 Å². The van der Waals surface area contributed by atoms with Gasteiger partial charge in [-0.2, -0.15) is 0 Å². The lowest BCUT2D eigenvalue weighted by Crippen LogP contribution is -2.12. The number of ether oxygens (including phenoxy) is 1. The normalized spacial score (nSPS) is 10.4. The maximum absolute atomic E-state index is 6.01. The van der Waals surface area contributed by atoms with E-state index in [-0.39, 0.29) is 0 Å². The molecule has 102 valence electrons. The molecule has 0 aliphatic rings. The van der Waals surface area contributed by atoms with E-state index in [9.17, 15) is 0 Å². The molecule has 0 amide bonds. The Kier molecular flexibility index (Phi) is 7.12. The van der Waals surface area contributed by atoms with E-state index in [1.54, 1.807) is 6.07 Å². The molecule has 5 nitrogen and oxygen atoms in total. The SMILES string of the molecule is CCCOCCCNc1nc(NN)c(Cl)cc1Cl. The van der Waals surface area contributed by atoms with Crippen molar-refractivity contribution in [2.75, 3.05) is 30.5 Å². The smallest absolute Gasteiger partial charge is 0.161 e. The lowest BCUT2D eigenvalue weighted by atomic mass is 10.4. The third-order valence-electron chi connectivity index (χ3n) is 2.17. The zero-order chi connectivity index (χ0) is 13.4. The molecule has 7 heteroatoms. The van der Waals surface area contributed by atoms with E-state index >= 15 is 0 Å². The molecule has 4 N–H and O–H groups in total. The standard InChI is InChI=1S/C11H18Cl2N4O/c1-2-5-18-6-3-4-15-10-8(12)7-9(13)11(16-10)17-14/h7H,2-6,14H2,1H3,(H2,15,16,17). The minimum absolute atomic E-state index is 0.388. The summed E-state index contributed by atoms with van der Waals surface area (Å²) in [5.74, 6) is 6.25. The van der Waals surface area contributed by atoms with Crippen LogP contribution in [0.25, 0.3) is 0 Å². The Hall–Kier alpha value is -0.750. The summed E-state index contributed by atoms with van der Waals surface area (Å²) in [5.41, 5.74) is 2.41. The van der Waals surface area contributed by atoms with Gasteiger partial charge in [0, 0.05) is 19.8 Å². The molecule has 1 aromatic rings. The minimum atomic E-state index is 0.388. The summed E-state index contributed by atoms with van der Waals surface area (Å²) in [5, 5.41) is 3.97. The maximum atomic E-state index is 6.01. The zero-order valence-electron chi connectivity index (χ0n) is 10.3. The van der Waals surface area contributed by atoms with Crippen molar-refractivity contribution in [3.63, 3.8) is 0 Å². The van der Waals surface area contributed by atoms with Gasteiger partial charge in [-0.15, -0.1) is 0 Å². The van der Waals surface area contributed by atoms with Crippen molar-refractivity contribution in [2.24, 2.45) is 5.84 Å². The number of hydrogen-bond donors (Lipinski definition) is 3. The molecule has 0 atom stereocenters. The van der Waals surface area contributed by atoms with Gasteiger partial charge in [0.25, 0.3) is 0 Å². The summed E-state index contributed by atoms with van der Waals surface area (Å²) in [6, 6.07) is 1.60. The first-order valence-corrected chi connectivity index (χ1v) is 6.59. The molecule has 1 rings (SSSR count). The van der Waals surface area contributed by atoms with Crippen LogP contribution in [0, 0.1) is 0 Å². The first kappa shape index (κ1) is 15.3. The fourth-order valence-electron chi connectivity index (χ4n) is 1.32. The van der Waals surface area contributed by atoms with Crippen LogP contribution in [-0.4, -0.2) is 24.7 Å². The molecular formula is C11H18Cl2N4O. The molecule has 0 aromatic carbocycles. The van der Waals surface area contributed by atoms with Crippen LogP contribution >= 0.6 is 23.2 Å². The number of anilines is 2. The summed E-state index contributed by atoms with van der Waals surface area (Å²) < 4.78 is 5.37. The molecule has 0 unspecified atom stereocenters. The Bertz CT molecular complexity index is 376. The average Bonchev–Trinajstić information content (AvgIpc) is 2.36. The number of nitrogen functional groups attached to an aromatic ring is 1. The Labute approximate surface area is 117 Å². The van der Waals surface area contributed by atoms with E-state index in [4.69, 9.17) is 33.8 Å². The molecule has 0 saturated carbocycles. The number of nitrogens with two attached hydrogens (primary N) is 1. The molecule has 1 heterocycles. The summed E-state index contributed by atoms with van der Waals surface area (Å²) in [7, 11) is 0. The van der Waals surface area contributed by atoms with Crippen molar-refractivity contribution in [1.82, 2.24) is 4.98 Å². The first-order valence-electron chi connectivity index (χ1n) is 5.83. The predicted molar refractivity (Wildman–Crippen MR) is 76.3 cm³/mol. The maximum Gasteiger partial charge on any atom is 0.161 e. The third-order valence-corrected chi connectivity index (χ3v) is 2.75. The lowest BCUT2D eigenvalue weighted by molar-refractivity contribution is 0.134. The highest BCUT2D eigenvalue weighted by atomic mass is 35.5. The number of pyridine rings is 1. The van der Waals surface area contributed by atoms with Crippen LogP contribution in [0.5, 0.6) is 0 Å². The van der Waals surface area contributed by atoms with Crippen molar-refractivity contribution in [1.29, 1.82) is 0 Å². The third kappa shape index (κ3) is 4.86. The van der Waals surface area contributed by atoms with Gasteiger partial charge in [0.2, 0.25) is 0 Å². The molecule has 1 aromatic heterocycles. The lowest BCUT2D eigenvalue weighted by Gasteiger charge is -2.10. The Morgan fingerprint density at radius 2 is 2.00 bits per heavy atom. The van der Waals surface area contributed by atoms with Gasteiger partial charge in [-0.1, -0.05) is 30.1 Å². The highest BCUT2D eigenvalue weighted by Crippen LogP contribution is 2.28. The van der Waals surface area contributed by atoms with Gasteiger partial charge in [-0.3, -0.25) is 0 Å². The van der Waals surface area contributed by atoms with Crippen LogP contribution in [0.4, 0.5) is 11.6 Å². The highest BCUT2D eigenvalue weighted by molar-refractivity contribution is 6.37. The van der Waals surface area contributed by atoms with Crippen molar-refractivity contribution in [3.8, 4) is 0 Å².